The van der Waals surface area contributed by atoms with Crippen molar-refractivity contribution in [3.8, 4) is 0 Å². The molecule has 1 N–H and O–H groups in total. The van der Waals surface area contributed by atoms with E-state index in [9.17, 15) is 13.2 Å². The first kappa shape index (κ1) is 19.6. The monoisotopic (exact) mass is 386 g/mol. The highest BCUT2D eigenvalue weighted by molar-refractivity contribution is 7.89. The van der Waals surface area contributed by atoms with Crippen molar-refractivity contribution in [2.45, 2.75) is 43.9 Å². The van der Waals surface area contributed by atoms with Crippen LogP contribution in [-0.4, -0.2) is 31.7 Å². The molecule has 1 aliphatic heterocycles. The molecule has 144 valence electrons. The van der Waals surface area contributed by atoms with E-state index in [1.54, 1.807) is 24.3 Å². The summed E-state index contributed by atoms with van der Waals surface area (Å²) in [6.07, 6.45) is 3.74. The topological polar surface area (TPSA) is 66.5 Å². The van der Waals surface area contributed by atoms with Gasteiger partial charge in [-0.25, -0.2) is 8.42 Å². The van der Waals surface area contributed by atoms with Crippen molar-refractivity contribution in [2.75, 3.05) is 18.4 Å². The van der Waals surface area contributed by atoms with Crippen LogP contribution in [0.25, 0.3) is 0 Å². The Kier molecular flexibility index (Phi) is 6.29. The van der Waals surface area contributed by atoms with Crippen LogP contribution in [-0.2, 0) is 21.2 Å². The van der Waals surface area contributed by atoms with E-state index in [0.29, 0.717) is 31.6 Å². The van der Waals surface area contributed by atoms with Crippen molar-refractivity contribution >= 4 is 21.6 Å². The van der Waals surface area contributed by atoms with E-state index >= 15 is 0 Å². The first-order chi connectivity index (χ1) is 13.0. The number of piperidine rings is 1. The number of hydrogen-bond acceptors (Lipinski definition) is 3. The molecule has 2 aromatic rings. The zero-order valence-corrected chi connectivity index (χ0v) is 16.5. The zero-order valence-electron chi connectivity index (χ0n) is 15.6. The maximum atomic E-state index is 13.0. The third-order valence-corrected chi connectivity index (χ3v) is 6.81. The molecular formula is C21H26N2O3S. The Labute approximate surface area is 161 Å². The smallest absolute Gasteiger partial charge is 0.245 e. The van der Waals surface area contributed by atoms with Gasteiger partial charge in [0.15, 0.2) is 0 Å². The molecule has 0 radical (unpaired) electrons. The minimum absolute atomic E-state index is 0.176. The Bertz CT molecular complexity index is 886. The van der Waals surface area contributed by atoms with E-state index in [-0.39, 0.29) is 10.8 Å². The van der Waals surface area contributed by atoms with Crippen LogP contribution in [0.1, 0.15) is 36.8 Å². The lowest BCUT2D eigenvalue weighted by molar-refractivity contribution is -0.116. The minimum atomic E-state index is -3.59. The summed E-state index contributed by atoms with van der Waals surface area (Å²) in [7, 11) is -3.59. The van der Waals surface area contributed by atoms with Gasteiger partial charge in [0.25, 0.3) is 0 Å². The fraction of sp³-hybridized carbons (Fsp3) is 0.381. The zero-order chi connectivity index (χ0) is 19.3. The second-order valence-electron chi connectivity index (χ2n) is 6.99. The SMILES string of the molecule is Cc1ccc(CCC(=O)Nc2ccccc2S(=O)(=O)N2CCCCC2)cc1. The van der Waals surface area contributed by atoms with Crippen LogP contribution < -0.4 is 5.32 Å². The number of nitrogens with zero attached hydrogens (tertiary/aromatic N) is 1. The molecule has 6 heteroatoms. The van der Waals surface area contributed by atoms with Crippen LogP contribution in [0.15, 0.2) is 53.4 Å². The van der Waals surface area contributed by atoms with Gasteiger partial charge in [0, 0.05) is 19.5 Å². The molecule has 1 fully saturated rings. The maximum absolute atomic E-state index is 13.0. The Balaban J connectivity index is 1.70. The highest BCUT2D eigenvalue weighted by Gasteiger charge is 2.28. The van der Waals surface area contributed by atoms with Crippen molar-refractivity contribution in [3.05, 3.63) is 59.7 Å². The molecule has 3 rings (SSSR count). The molecule has 5 nitrogen and oxygen atoms in total. The standard InChI is InChI=1S/C21H26N2O3S/c1-17-9-11-18(12-10-17)13-14-21(24)22-19-7-3-4-8-20(19)27(25,26)23-15-5-2-6-16-23/h3-4,7-12H,2,5-6,13-16H2,1H3,(H,22,24). The number of rotatable bonds is 6. The molecule has 0 aromatic heterocycles. The number of benzene rings is 2. The molecule has 0 saturated carbocycles. The molecule has 2 aromatic carbocycles. The normalized spacial score (nSPS) is 15.4. The molecule has 0 atom stereocenters. The summed E-state index contributed by atoms with van der Waals surface area (Å²) < 4.78 is 27.5. The molecule has 0 bridgehead atoms. The van der Waals surface area contributed by atoms with Gasteiger partial charge >= 0.3 is 0 Å². The fourth-order valence-corrected chi connectivity index (χ4v) is 4.93. The van der Waals surface area contributed by atoms with Gasteiger partial charge < -0.3 is 5.32 Å². The summed E-state index contributed by atoms with van der Waals surface area (Å²) in [4.78, 5) is 12.6. The van der Waals surface area contributed by atoms with Gasteiger partial charge in [-0.15, -0.1) is 0 Å². The van der Waals surface area contributed by atoms with Gasteiger partial charge in [-0.1, -0.05) is 48.4 Å². The van der Waals surface area contributed by atoms with Crippen molar-refractivity contribution in [1.82, 2.24) is 4.31 Å². The minimum Gasteiger partial charge on any atom is -0.325 e. The molecule has 1 saturated heterocycles. The van der Waals surface area contributed by atoms with Crippen LogP contribution in [0.2, 0.25) is 0 Å². The summed E-state index contributed by atoms with van der Waals surface area (Å²) in [6.45, 7) is 3.10. The molecule has 0 spiro atoms. The van der Waals surface area contributed by atoms with Crippen molar-refractivity contribution in [2.24, 2.45) is 0 Å². The van der Waals surface area contributed by atoms with E-state index in [1.165, 1.54) is 9.87 Å². The molecule has 27 heavy (non-hydrogen) atoms. The lowest BCUT2D eigenvalue weighted by Gasteiger charge is -2.26. The van der Waals surface area contributed by atoms with Crippen molar-refractivity contribution in [3.63, 3.8) is 0 Å². The van der Waals surface area contributed by atoms with E-state index in [4.69, 9.17) is 0 Å². The predicted octanol–water partition coefficient (Wildman–Crippen LogP) is 3.74. The van der Waals surface area contributed by atoms with Gasteiger partial charge in [-0.2, -0.15) is 4.31 Å². The molecule has 1 aliphatic rings. The highest BCUT2D eigenvalue weighted by Crippen LogP contribution is 2.27. The van der Waals surface area contributed by atoms with Crippen LogP contribution in [0.5, 0.6) is 0 Å². The van der Waals surface area contributed by atoms with E-state index in [1.807, 2.05) is 31.2 Å². The van der Waals surface area contributed by atoms with E-state index < -0.39 is 10.0 Å². The second kappa shape index (κ2) is 8.67. The summed E-state index contributed by atoms with van der Waals surface area (Å²) in [5.41, 5.74) is 2.63. The quantitative estimate of drug-likeness (QED) is 0.822. The lowest BCUT2D eigenvalue weighted by Crippen LogP contribution is -2.36. The predicted molar refractivity (Wildman–Crippen MR) is 107 cm³/mol. The molecular weight excluding hydrogens is 360 g/mol. The van der Waals surface area contributed by atoms with Crippen LogP contribution >= 0.6 is 0 Å². The third-order valence-electron chi connectivity index (χ3n) is 4.86. The van der Waals surface area contributed by atoms with Crippen LogP contribution in [0, 0.1) is 6.92 Å². The maximum Gasteiger partial charge on any atom is 0.245 e. The Morgan fingerprint density at radius 3 is 2.37 bits per heavy atom. The average molecular weight is 387 g/mol. The number of anilines is 1. The number of carbonyl (C=O) groups excluding carboxylic acids is 1. The van der Waals surface area contributed by atoms with Crippen molar-refractivity contribution in [1.29, 1.82) is 0 Å². The largest absolute Gasteiger partial charge is 0.325 e. The van der Waals surface area contributed by atoms with Gasteiger partial charge in [0.05, 0.1) is 5.69 Å². The summed E-state index contributed by atoms with van der Waals surface area (Å²) in [5.74, 6) is -0.183. The second-order valence-corrected chi connectivity index (χ2v) is 8.90. The Hall–Kier alpha value is -2.18. The number of hydrogen-bond donors (Lipinski definition) is 1. The fourth-order valence-electron chi connectivity index (χ4n) is 3.26. The van der Waals surface area contributed by atoms with Crippen molar-refractivity contribution < 1.29 is 13.2 Å². The van der Waals surface area contributed by atoms with Gasteiger partial charge in [0.1, 0.15) is 4.90 Å². The highest BCUT2D eigenvalue weighted by atomic mass is 32.2. The van der Waals surface area contributed by atoms with E-state index in [2.05, 4.69) is 5.32 Å². The first-order valence-electron chi connectivity index (χ1n) is 9.41. The van der Waals surface area contributed by atoms with Crippen LogP contribution in [0.4, 0.5) is 5.69 Å². The average Bonchev–Trinajstić information content (AvgIpc) is 2.68. The van der Waals surface area contributed by atoms with Gasteiger partial charge in [-0.3, -0.25) is 4.79 Å². The number of amides is 1. The first-order valence-corrected chi connectivity index (χ1v) is 10.9. The number of sulfonamides is 1. The molecule has 1 amide bonds. The van der Waals surface area contributed by atoms with Crippen LogP contribution in [0.3, 0.4) is 0 Å². The summed E-state index contributed by atoms with van der Waals surface area (Å²) in [6, 6.07) is 14.7. The van der Waals surface area contributed by atoms with E-state index in [0.717, 1.165) is 24.8 Å². The molecule has 1 heterocycles. The molecule has 0 aliphatic carbocycles. The Morgan fingerprint density at radius 1 is 1.00 bits per heavy atom. The van der Waals surface area contributed by atoms with Gasteiger partial charge in [-0.05, 0) is 43.9 Å². The third kappa shape index (κ3) is 4.96. The number of para-hydroxylation sites is 1. The summed E-state index contributed by atoms with van der Waals surface area (Å²) >= 11 is 0. The molecule has 0 unspecified atom stereocenters. The lowest BCUT2D eigenvalue weighted by atomic mass is 10.1. The number of carbonyl (C=O) groups is 1. The number of nitrogens with one attached hydrogen (secondary N) is 1. The number of aryl methyl sites for hydroxylation is 2. The summed E-state index contributed by atoms with van der Waals surface area (Å²) in [5, 5.41) is 2.79. The Morgan fingerprint density at radius 2 is 1.67 bits per heavy atom. The van der Waals surface area contributed by atoms with Gasteiger partial charge in [0.2, 0.25) is 15.9 Å².